The summed E-state index contributed by atoms with van der Waals surface area (Å²) in [6.45, 7) is 3.65. The molecule has 0 spiro atoms. The Morgan fingerprint density at radius 2 is 1.76 bits per heavy atom. The Labute approximate surface area is 144 Å². The van der Waals surface area contributed by atoms with E-state index >= 15 is 0 Å². The third kappa shape index (κ3) is 2.85. The van der Waals surface area contributed by atoms with Crippen LogP contribution in [0.15, 0.2) is 72.8 Å². The molecular formula is C20H16FNO3. The zero-order valence-corrected chi connectivity index (χ0v) is 13.4. The second-order valence-corrected chi connectivity index (χ2v) is 5.63. The Bertz CT molecular complexity index is 874. The minimum Gasteiger partial charge on any atom is -0.507 e. The highest BCUT2D eigenvalue weighted by atomic mass is 19.1. The van der Waals surface area contributed by atoms with Gasteiger partial charge in [-0.25, -0.2) is 4.39 Å². The van der Waals surface area contributed by atoms with Crippen molar-refractivity contribution in [2.75, 3.05) is 6.54 Å². The summed E-state index contributed by atoms with van der Waals surface area (Å²) in [7, 11) is 0. The number of carbonyl (C=O) groups is 2. The van der Waals surface area contributed by atoms with Crippen LogP contribution < -0.4 is 0 Å². The average molecular weight is 337 g/mol. The SMILES string of the molecule is C=CCN1C(=O)C(=O)/C(=C(/O)c2ccccc2)C1c1ccccc1F. The van der Waals surface area contributed by atoms with Gasteiger partial charge < -0.3 is 10.0 Å². The summed E-state index contributed by atoms with van der Waals surface area (Å²) in [5, 5.41) is 10.6. The maximum atomic E-state index is 14.4. The lowest BCUT2D eigenvalue weighted by molar-refractivity contribution is -0.139. The molecule has 1 aliphatic heterocycles. The van der Waals surface area contributed by atoms with Crippen molar-refractivity contribution >= 4 is 17.4 Å². The fraction of sp³-hybridized carbons (Fsp3) is 0.100. The number of hydrogen-bond acceptors (Lipinski definition) is 3. The number of Topliss-reactive ketones (excluding diaryl/α,β-unsaturated/α-hetero) is 1. The smallest absolute Gasteiger partial charge is 0.295 e. The molecule has 0 saturated carbocycles. The number of halogens is 1. The standard InChI is InChI=1S/C20H16FNO3/c1-2-12-22-17(14-10-6-7-11-15(14)21)16(19(24)20(22)25)18(23)13-8-4-3-5-9-13/h2-11,17,23H,1,12H2/b18-16+. The summed E-state index contributed by atoms with van der Waals surface area (Å²) in [6.07, 6.45) is 1.46. The van der Waals surface area contributed by atoms with E-state index in [0.717, 1.165) is 0 Å². The van der Waals surface area contributed by atoms with Gasteiger partial charge in [0.15, 0.2) is 0 Å². The van der Waals surface area contributed by atoms with E-state index in [4.69, 9.17) is 0 Å². The van der Waals surface area contributed by atoms with Crippen molar-refractivity contribution < 1.29 is 19.1 Å². The van der Waals surface area contributed by atoms with Crippen molar-refractivity contribution in [3.05, 3.63) is 89.8 Å². The van der Waals surface area contributed by atoms with Gasteiger partial charge in [-0.05, 0) is 6.07 Å². The number of aliphatic hydroxyl groups is 1. The van der Waals surface area contributed by atoms with Gasteiger partial charge in [-0.15, -0.1) is 6.58 Å². The van der Waals surface area contributed by atoms with E-state index in [2.05, 4.69) is 6.58 Å². The molecule has 1 amide bonds. The molecule has 0 radical (unpaired) electrons. The normalized spacial score (nSPS) is 19.2. The largest absolute Gasteiger partial charge is 0.507 e. The predicted molar refractivity (Wildman–Crippen MR) is 92.0 cm³/mol. The number of aliphatic hydroxyl groups excluding tert-OH is 1. The first-order valence-electron chi connectivity index (χ1n) is 7.75. The fourth-order valence-corrected chi connectivity index (χ4v) is 2.98. The van der Waals surface area contributed by atoms with Crippen LogP contribution in [-0.2, 0) is 9.59 Å². The first-order chi connectivity index (χ1) is 12.1. The highest BCUT2D eigenvalue weighted by Crippen LogP contribution is 2.40. The fourth-order valence-electron chi connectivity index (χ4n) is 2.98. The number of carbonyl (C=O) groups excluding carboxylic acids is 2. The van der Waals surface area contributed by atoms with Crippen LogP contribution >= 0.6 is 0 Å². The maximum Gasteiger partial charge on any atom is 0.295 e. The molecule has 5 heteroatoms. The van der Waals surface area contributed by atoms with Crippen LogP contribution in [0.3, 0.4) is 0 Å². The van der Waals surface area contributed by atoms with Crippen LogP contribution in [0.25, 0.3) is 5.76 Å². The molecule has 4 nitrogen and oxygen atoms in total. The van der Waals surface area contributed by atoms with Gasteiger partial charge >= 0.3 is 0 Å². The van der Waals surface area contributed by atoms with Crippen LogP contribution in [0.5, 0.6) is 0 Å². The summed E-state index contributed by atoms with van der Waals surface area (Å²) in [5.41, 5.74) is 0.421. The van der Waals surface area contributed by atoms with Gasteiger partial charge in [-0.3, -0.25) is 9.59 Å². The highest BCUT2D eigenvalue weighted by Gasteiger charge is 2.46. The Balaban J connectivity index is 2.24. The zero-order chi connectivity index (χ0) is 18.0. The first kappa shape index (κ1) is 16.6. The third-order valence-electron chi connectivity index (χ3n) is 4.11. The van der Waals surface area contributed by atoms with Crippen LogP contribution in [0.1, 0.15) is 17.2 Å². The molecule has 126 valence electrons. The molecular weight excluding hydrogens is 321 g/mol. The van der Waals surface area contributed by atoms with Gasteiger partial charge in [0.25, 0.3) is 11.7 Å². The van der Waals surface area contributed by atoms with E-state index in [0.29, 0.717) is 5.56 Å². The van der Waals surface area contributed by atoms with Crippen molar-refractivity contribution in [2.24, 2.45) is 0 Å². The predicted octanol–water partition coefficient (Wildman–Crippen LogP) is 3.43. The summed E-state index contributed by atoms with van der Waals surface area (Å²) < 4.78 is 14.4. The van der Waals surface area contributed by atoms with Crippen LogP contribution in [0.2, 0.25) is 0 Å². The van der Waals surface area contributed by atoms with Crippen LogP contribution in [0.4, 0.5) is 4.39 Å². The number of rotatable bonds is 4. The molecule has 1 aliphatic rings. The maximum absolute atomic E-state index is 14.4. The summed E-state index contributed by atoms with van der Waals surface area (Å²) in [4.78, 5) is 26.1. The lowest BCUT2D eigenvalue weighted by Gasteiger charge is -2.24. The Morgan fingerprint density at radius 1 is 1.12 bits per heavy atom. The van der Waals surface area contributed by atoms with Crippen molar-refractivity contribution in [3.8, 4) is 0 Å². The quantitative estimate of drug-likeness (QED) is 0.402. The monoisotopic (exact) mass is 337 g/mol. The molecule has 1 N–H and O–H groups in total. The lowest BCUT2D eigenvalue weighted by Crippen LogP contribution is -2.30. The van der Waals surface area contributed by atoms with E-state index in [1.54, 1.807) is 36.4 Å². The molecule has 1 saturated heterocycles. The van der Waals surface area contributed by atoms with E-state index in [1.807, 2.05) is 0 Å². The summed E-state index contributed by atoms with van der Waals surface area (Å²) in [6, 6.07) is 13.3. The van der Waals surface area contributed by atoms with E-state index < -0.39 is 23.5 Å². The summed E-state index contributed by atoms with van der Waals surface area (Å²) in [5.74, 6) is -2.50. The number of amides is 1. The van der Waals surface area contributed by atoms with Gasteiger partial charge in [-0.1, -0.05) is 54.6 Å². The minimum atomic E-state index is -1.00. The molecule has 2 aromatic carbocycles. The van der Waals surface area contributed by atoms with Gasteiger partial charge in [0.1, 0.15) is 11.6 Å². The van der Waals surface area contributed by atoms with Crippen molar-refractivity contribution in [2.45, 2.75) is 6.04 Å². The van der Waals surface area contributed by atoms with Gasteiger partial charge in [0.05, 0.1) is 11.6 Å². The van der Waals surface area contributed by atoms with Crippen LogP contribution in [0, 0.1) is 5.82 Å². The number of hydrogen-bond donors (Lipinski definition) is 1. The first-order valence-corrected chi connectivity index (χ1v) is 7.75. The molecule has 0 bridgehead atoms. The van der Waals surface area contributed by atoms with Gasteiger partial charge in [-0.2, -0.15) is 0 Å². The number of benzene rings is 2. The summed E-state index contributed by atoms with van der Waals surface area (Å²) >= 11 is 0. The van der Waals surface area contributed by atoms with E-state index in [9.17, 15) is 19.1 Å². The molecule has 1 fully saturated rings. The van der Waals surface area contributed by atoms with Gasteiger partial charge in [0, 0.05) is 17.7 Å². The van der Waals surface area contributed by atoms with E-state index in [1.165, 1.54) is 29.2 Å². The zero-order valence-electron chi connectivity index (χ0n) is 13.4. The van der Waals surface area contributed by atoms with Crippen molar-refractivity contribution in [1.82, 2.24) is 4.90 Å². The molecule has 25 heavy (non-hydrogen) atoms. The molecule has 0 aliphatic carbocycles. The molecule has 2 aromatic rings. The Morgan fingerprint density at radius 3 is 2.40 bits per heavy atom. The number of likely N-dealkylation sites (tertiary alicyclic amines) is 1. The molecule has 3 rings (SSSR count). The molecule has 0 aromatic heterocycles. The second-order valence-electron chi connectivity index (χ2n) is 5.63. The topological polar surface area (TPSA) is 57.6 Å². The highest BCUT2D eigenvalue weighted by molar-refractivity contribution is 6.46. The number of ketones is 1. The third-order valence-corrected chi connectivity index (χ3v) is 4.11. The Kier molecular flexibility index (Phi) is 4.48. The number of nitrogens with zero attached hydrogens (tertiary/aromatic N) is 1. The Hall–Kier alpha value is -3.21. The molecule has 1 heterocycles. The minimum absolute atomic E-state index is 0.0646. The van der Waals surface area contributed by atoms with Crippen LogP contribution in [-0.4, -0.2) is 28.2 Å². The van der Waals surface area contributed by atoms with E-state index in [-0.39, 0.29) is 23.4 Å². The second kappa shape index (κ2) is 6.73. The average Bonchev–Trinajstić information content (AvgIpc) is 2.87. The molecule has 1 atom stereocenters. The molecule has 1 unspecified atom stereocenters. The van der Waals surface area contributed by atoms with Gasteiger partial charge in [0.2, 0.25) is 0 Å². The van der Waals surface area contributed by atoms with Crippen molar-refractivity contribution in [3.63, 3.8) is 0 Å². The van der Waals surface area contributed by atoms with Crippen molar-refractivity contribution in [1.29, 1.82) is 0 Å². The lowest BCUT2D eigenvalue weighted by atomic mass is 9.95.